The number of imidazole rings is 1. The summed E-state index contributed by atoms with van der Waals surface area (Å²) in [6.45, 7) is 2.30. The van der Waals surface area contributed by atoms with Gasteiger partial charge in [0.25, 0.3) is 5.91 Å². The molecule has 40 heavy (non-hydrogen) atoms. The topological polar surface area (TPSA) is 81.8 Å². The number of alkyl halides is 3. The molecule has 1 N–H and O–H groups in total. The number of nitrogens with one attached hydrogen (secondary N) is 1. The van der Waals surface area contributed by atoms with Gasteiger partial charge in [-0.25, -0.2) is 4.79 Å². The van der Waals surface area contributed by atoms with Crippen LogP contribution in [0.3, 0.4) is 0 Å². The van der Waals surface area contributed by atoms with E-state index in [0.29, 0.717) is 39.7 Å². The third-order valence-electron chi connectivity index (χ3n) is 7.49. The van der Waals surface area contributed by atoms with Crippen LogP contribution in [-0.4, -0.2) is 37.2 Å². The van der Waals surface area contributed by atoms with E-state index < -0.39 is 12.6 Å². The zero-order chi connectivity index (χ0) is 28.4. The lowest BCUT2D eigenvalue weighted by atomic mass is 9.85. The molecular weight excluding hydrogens is 543 g/mol. The molecule has 1 aromatic carbocycles. The maximum atomic E-state index is 13.6. The summed E-state index contributed by atoms with van der Waals surface area (Å²) >= 11 is 6.02. The number of para-hydroxylation sites is 2. The first-order valence-corrected chi connectivity index (χ1v) is 13.6. The molecule has 7 nitrogen and oxygen atoms in total. The number of carbonyl (C=O) groups excluding carboxylic acids is 1. The molecule has 0 unspecified atom stereocenters. The fourth-order valence-electron chi connectivity index (χ4n) is 5.35. The van der Waals surface area contributed by atoms with Gasteiger partial charge in [0.05, 0.1) is 39.2 Å². The number of halogens is 4. The van der Waals surface area contributed by atoms with Crippen LogP contribution in [0.15, 0.2) is 59.7 Å². The van der Waals surface area contributed by atoms with Gasteiger partial charge in [-0.2, -0.15) is 13.2 Å². The Labute approximate surface area is 234 Å². The third kappa shape index (κ3) is 6.22. The van der Waals surface area contributed by atoms with E-state index in [2.05, 4.69) is 15.3 Å². The molecule has 210 valence electrons. The minimum Gasteiger partial charge on any atom is -0.349 e. The maximum absolute atomic E-state index is 13.6. The first-order chi connectivity index (χ1) is 19.1. The van der Waals surface area contributed by atoms with Crippen LogP contribution in [0.2, 0.25) is 5.02 Å². The number of hydrogen-bond acceptors (Lipinski definition) is 4. The standard InChI is InChI=1S/C29H29ClF3N5O2/c1-18-24(14-20(30)15-34-18)27(39)36-22-8-6-19(7-9-22)17-37-25-4-2-3-5-26(25)38(28(37)40)23-11-10-21(35-16-23)12-13-29(31,32)33/h2-5,10-11,14-16,19,22H,6-9,12-13,17H2,1H3,(H,36,39). The number of aromatic nitrogens is 4. The Morgan fingerprint density at radius 3 is 2.45 bits per heavy atom. The minimum absolute atomic E-state index is 0.0298. The molecule has 11 heteroatoms. The Morgan fingerprint density at radius 2 is 1.77 bits per heavy atom. The van der Waals surface area contributed by atoms with Gasteiger partial charge < -0.3 is 5.32 Å². The molecule has 0 spiro atoms. The summed E-state index contributed by atoms with van der Waals surface area (Å²) < 4.78 is 41.1. The van der Waals surface area contributed by atoms with Crippen LogP contribution in [-0.2, 0) is 13.0 Å². The fraction of sp³-hybridized carbons (Fsp3) is 0.379. The highest BCUT2D eigenvalue weighted by Gasteiger charge is 2.27. The third-order valence-corrected chi connectivity index (χ3v) is 7.70. The number of pyridine rings is 2. The summed E-state index contributed by atoms with van der Waals surface area (Å²) in [6, 6.07) is 12.3. The summed E-state index contributed by atoms with van der Waals surface area (Å²) in [5, 5.41) is 3.51. The van der Waals surface area contributed by atoms with Gasteiger partial charge in [0.1, 0.15) is 0 Å². The highest BCUT2D eigenvalue weighted by Crippen LogP contribution is 2.28. The second kappa shape index (κ2) is 11.4. The van der Waals surface area contributed by atoms with E-state index in [-0.39, 0.29) is 30.0 Å². The van der Waals surface area contributed by atoms with Crippen molar-refractivity contribution in [3.63, 3.8) is 0 Å². The second-order valence-electron chi connectivity index (χ2n) is 10.3. The van der Waals surface area contributed by atoms with Crippen molar-refractivity contribution < 1.29 is 18.0 Å². The van der Waals surface area contributed by atoms with Crippen LogP contribution in [0.25, 0.3) is 16.7 Å². The molecule has 0 aliphatic heterocycles. The molecule has 1 saturated carbocycles. The summed E-state index contributed by atoms with van der Waals surface area (Å²) in [4.78, 5) is 34.7. The van der Waals surface area contributed by atoms with Crippen LogP contribution in [0.5, 0.6) is 0 Å². The second-order valence-corrected chi connectivity index (χ2v) is 10.8. The first kappa shape index (κ1) is 27.9. The normalized spacial score (nSPS) is 17.7. The van der Waals surface area contributed by atoms with Gasteiger partial charge in [0, 0.05) is 30.9 Å². The zero-order valence-electron chi connectivity index (χ0n) is 21.9. The Hall–Kier alpha value is -3.66. The molecule has 4 aromatic rings. The van der Waals surface area contributed by atoms with E-state index in [1.54, 1.807) is 28.2 Å². The molecular formula is C29H29ClF3N5O2. The van der Waals surface area contributed by atoms with Crippen molar-refractivity contribution >= 4 is 28.5 Å². The van der Waals surface area contributed by atoms with Gasteiger partial charge in [-0.1, -0.05) is 23.7 Å². The van der Waals surface area contributed by atoms with Crippen LogP contribution in [0, 0.1) is 12.8 Å². The van der Waals surface area contributed by atoms with Crippen molar-refractivity contribution in [3.8, 4) is 5.69 Å². The average molecular weight is 572 g/mol. The fourth-order valence-corrected chi connectivity index (χ4v) is 5.51. The van der Waals surface area contributed by atoms with Crippen LogP contribution in [0.4, 0.5) is 13.2 Å². The van der Waals surface area contributed by atoms with Crippen molar-refractivity contribution in [1.29, 1.82) is 0 Å². The van der Waals surface area contributed by atoms with Crippen molar-refractivity contribution in [3.05, 3.63) is 87.3 Å². The first-order valence-electron chi connectivity index (χ1n) is 13.2. The Balaban J connectivity index is 1.28. The Morgan fingerprint density at radius 1 is 1.05 bits per heavy atom. The predicted octanol–water partition coefficient (Wildman–Crippen LogP) is 6.03. The molecule has 5 rings (SSSR count). The van der Waals surface area contributed by atoms with Gasteiger partial charge in [-0.05, 0) is 75.3 Å². The monoisotopic (exact) mass is 571 g/mol. The van der Waals surface area contributed by atoms with E-state index in [1.165, 1.54) is 18.5 Å². The Bertz CT molecular complexity index is 1570. The van der Waals surface area contributed by atoms with Crippen molar-refractivity contribution in [2.75, 3.05) is 0 Å². The highest BCUT2D eigenvalue weighted by atomic mass is 35.5. The van der Waals surface area contributed by atoms with Crippen molar-refractivity contribution in [2.45, 2.75) is 64.2 Å². The lowest BCUT2D eigenvalue weighted by Crippen LogP contribution is -2.39. The van der Waals surface area contributed by atoms with Gasteiger partial charge in [0.15, 0.2) is 0 Å². The van der Waals surface area contributed by atoms with Crippen LogP contribution in [0.1, 0.15) is 53.8 Å². The summed E-state index contributed by atoms with van der Waals surface area (Å²) in [5.74, 6) is 0.0656. The zero-order valence-corrected chi connectivity index (χ0v) is 22.7. The number of hydrogen-bond donors (Lipinski definition) is 1. The summed E-state index contributed by atoms with van der Waals surface area (Å²) in [5.41, 5.74) is 3.20. The van der Waals surface area contributed by atoms with Crippen LogP contribution >= 0.6 is 11.6 Å². The van der Waals surface area contributed by atoms with E-state index in [4.69, 9.17) is 11.6 Å². The molecule has 1 aliphatic carbocycles. The molecule has 0 saturated heterocycles. The molecule has 0 bridgehead atoms. The number of benzene rings is 1. The predicted molar refractivity (Wildman–Crippen MR) is 147 cm³/mol. The highest BCUT2D eigenvalue weighted by molar-refractivity contribution is 6.30. The number of aryl methyl sites for hydroxylation is 2. The van der Waals surface area contributed by atoms with Crippen molar-refractivity contribution in [2.24, 2.45) is 5.92 Å². The number of rotatable bonds is 7. The van der Waals surface area contributed by atoms with E-state index in [1.807, 2.05) is 24.3 Å². The van der Waals surface area contributed by atoms with Gasteiger partial charge >= 0.3 is 11.9 Å². The minimum atomic E-state index is -4.25. The molecule has 3 aromatic heterocycles. The van der Waals surface area contributed by atoms with Crippen molar-refractivity contribution in [1.82, 2.24) is 24.4 Å². The number of fused-ring (bicyclic) bond motifs is 1. The van der Waals surface area contributed by atoms with Crippen LogP contribution < -0.4 is 11.0 Å². The van der Waals surface area contributed by atoms with E-state index in [9.17, 15) is 22.8 Å². The van der Waals surface area contributed by atoms with Gasteiger partial charge in [-0.15, -0.1) is 0 Å². The van der Waals surface area contributed by atoms with E-state index >= 15 is 0 Å². The molecule has 0 radical (unpaired) electrons. The number of amides is 1. The summed E-state index contributed by atoms with van der Waals surface area (Å²) in [7, 11) is 0. The lowest BCUT2D eigenvalue weighted by molar-refractivity contribution is -0.134. The molecule has 1 amide bonds. The molecule has 1 aliphatic rings. The Kier molecular flexibility index (Phi) is 7.98. The number of carbonyl (C=O) groups is 1. The average Bonchev–Trinajstić information content (AvgIpc) is 3.20. The van der Waals surface area contributed by atoms with Gasteiger partial charge in [-0.3, -0.25) is 23.9 Å². The van der Waals surface area contributed by atoms with Gasteiger partial charge in [0.2, 0.25) is 0 Å². The smallest absolute Gasteiger partial charge is 0.349 e. The largest absolute Gasteiger partial charge is 0.389 e. The molecule has 3 heterocycles. The number of nitrogens with zero attached hydrogens (tertiary/aromatic N) is 4. The molecule has 1 fully saturated rings. The molecule has 0 atom stereocenters. The summed E-state index contributed by atoms with van der Waals surface area (Å²) in [6.07, 6.45) is 0.846. The quantitative estimate of drug-likeness (QED) is 0.294. The maximum Gasteiger partial charge on any atom is 0.389 e. The SMILES string of the molecule is Cc1ncc(Cl)cc1C(=O)NC1CCC(Cn2c(=O)n(-c3ccc(CCC(F)(F)F)nc3)c3ccccc32)CC1. The lowest BCUT2D eigenvalue weighted by Gasteiger charge is -2.29. The van der Waals surface area contributed by atoms with E-state index in [0.717, 1.165) is 31.2 Å².